The highest BCUT2D eigenvalue weighted by molar-refractivity contribution is 7.14. The minimum absolute atomic E-state index is 0.175. The molecule has 1 aliphatic rings. The smallest absolute Gasteiger partial charge is 0.257 e. The van der Waals surface area contributed by atoms with Crippen LogP contribution in [0.3, 0.4) is 0 Å². The highest BCUT2D eigenvalue weighted by Gasteiger charge is 2.20. The van der Waals surface area contributed by atoms with Crippen molar-refractivity contribution in [3.63, 3.8) is 0 Å². The summed E-state index contributed by atoms with van der Waals surface area (Å²) < 4.78 is 5.17. The molecule has 2 heterocycles. The number of carbonyl (C=O) groups excluding carboxylic acids is 2. The van der Waals surface area contributed by atoms with Gasteiger partial charge in [0.15, 0.2) is 5.13 Å². The van der Waals surface area contributed by atoms with E-state index >= 15 is 0 Å². The van der Waals surface area contributed by atoms with Gasteiger partial charge in [-0.2, -0.15) is 0 Å². The quantitative estimate of drug-likeness (QED) is 0.665. The fraction of sp³-hybridized carbons (Fsp3) is 0.227. The Morgan fingerprint density at radius 3 is 2.79 bits per heavy atom. The summed E-state index contributed by atoms with van der Waals surface area (Å²) in [6.45, 7) is 1.32. The fourth-order valence-corrected chi connectivity index (χ4v) is 4.01. The molecule has 2 amide bonds. The van der Waals surface area contributed by atoms with Gasteiger partial charge >= 0.3 is 0 Å². The lowest BCUT2D eigenvalue weighted by Crippen LogP contribution is -2.24. The molecule has 0 radical (unpaired) electrons. The van der Waals surface area contributed by atoms with Gasteiger partial charge < -0.3 is 9.64 Å². The molecule has 6 nitrogen and oxygen atoms in total. The highest BCUT2D eigenvalue weighted by atomic mass is 32.1. The Bertz CT molecular complexity index is 1030. The van der Waals surface area contributed by atoms with Gasteiger partial charge in [-0.05, 0) is 48.4 Å². The topological polar surface area (TPSA) is 71.5 Å². The summed E-state index contributed by atoms with van der Waals surface area (Å²) in [7, 11) is 1.63. The second kappa shape index (κ2) is 8.45. The van der Waals surface area contributed by atoms with Crippen LogP contribution in [-0.4, -0.2) is 35.4 Å². The van der Waals surface area contributed by atoms with Crippen molar-refractivity contribution in [3.05, 3.63) is 65.0 Å². The standard InChI is InChI=1S/C22H21N3O3S/c1-28-18-9-7-16(8-10-18)19-14-29-22(23-19)24-21(27)17-5-2-4-15(12-17)13-25-11-3-6-20(25)26/h2,4-5,7-10,12,14H,3,6,11,13H2,1H3,(H,23,24,27). The number of benzene rings is 2. The van der Waals surface area contributed by atoms with E-state index in [0.29, 0.717) is 23.7 Å². The third kappa shape index (κ3) is 4.46. The Labute approximate surface area is 173 Å². The van der Waals surface area contributed by atoms with Gasteiger partial charge in [0.25, 0.3) is 5.91 Å². The lowest BCUT2D eigenvalue weighted by Gasteiger charge is -2.15. The number of hydrogen-bond acceptors (Lipinski definition) is 5. The Kier molecular flexibility index (Phi) is 5.57. The summed E-state index contributed by atoms with van der Waals surface area (Å²) in [4.78, 5) is 30.8. The van der Waals surface area contributed by atoms with Gasteiger partial charge in [0, 0.05) is 36.0 Å². The number of likely N-dealkylation sites (tertiary alicyclic amines) is 1. The number of ether oxygens (including phenoxy) is 1. The second-order valence-corrected chi connectivity index (χ2v) is 7.70. The predicted molar refractivity (Wildman–Crippen MR) is 113 cm³/mol. The van der Waals surface area contributed by atoms with E-state index in [9.17, 15) is 9.59 Å². The maximum atomic E-state index is 12.7. The first-order chi connectivity index (χ1) is 14.1. The molecule has 0 bridgehead atoms. The lowest BCUT2D eigenvalue weighted by molar-refractivity contribution is -0.128. The zero-order chi connectivity index (χ0) is 20.2. The van der Waals surface area contributed by atoms with Crippen LogP contribution in [0.2, 0.25) is 0 Å². The summed E-state index contributed by atoms with van der Waals surface area (Å²) in [6.07, 6.45) is 1.51. The van der Waals surface area contributed by atoms with E-state index in [1.807, 2.05) is 52.7 Å². The predicted octanol–water partition coefficient (Wildman–Crippen LogP) is 4.19. The van der Waals surface area contributed by atoms with E-state index in [4.69, 9.17) is 4.74 Å². The van der Waals surface area contributed by atoms with Crippen molar-refractivity contribution in [2.75, 3.05) is 19.0 Å². The van der Waals surface area contributed by atoms with Crippen LogP contribution in [0, 0.1) is 0 Å². The molecule has 0 saturated carbocycles. The number of aromatic nitrogens is 1. The first-order valence-corrected chi connectivity index (χ1v) is 10.3. The molecule has 1 saturated heterocycles. The highest BCUT2D eigenvalue weighted by Crippen LogP contribution is 2.27. The monoisotopic (exact) mass is 407 g/mol. The average molecular weight is 407 g/mol. The maximum Gasteiger partial charge on any atom is 0.257 e. The van der Waals surface area contributed by atoms with Crippen LogP contribution in [0.15, 0.2) is 53.9 Å². The minimum Gasteiger partial charge on any atom is -0.497 e. The Balaban J connectivity index is 1.43. The van der Waals surface area contributed by atoms with Crippen molar-refractivity contribution in [3.8, 4) is 17.0 Å². The zero-order valence-electron chi connectivity index (χ0n) is 16.1. The van der Waals surface area contributed by atoms with Gasteiger partial charge in [0.1, 0.15) is 5.75 Å². The summed E-state index contributed by atoms with van der Waals surface area (Å²) in [5.41, 5.74) is 3.26. The number of rotatable bonds is 6. The molecule has 0 unspecified atom stereocenters. The summed E-state index contributed by atoms with van der Waals surface area (Å²) >= 11 is 1.38. The number of anilines is 1. The van der Waals surface area contributed by atoms with E-state index in [2.05, 4.69) is 10.3 Å². The van der Waals surface area contributed by atoms with Crippen molar-refractivity contribution in [2.45, 2.75) is 19.4 Å². The van der Waals surface area contributed by atoms with Crippen molar-refractivity contribution in [2.24, 2.45) is 0 Å². The van der Waals surface area contributed by atoms with E-state index in [1.54, 1.807) is 13.2 Å². The van der Waals surface area contributed by atoms with E-state index in [1.165, 1.54) is 11.3 Å². The number of amides is 2. The van der Waals surface area contributed by atoms with E-state index < -0.39 is 0 Å². The molecule has 0 spiro atoms. The molecule has 7 heteroatoms. The third-order valence-electron chi connectivity index (χ3n) is 4.84. The summed E-state index contributed by atoms with van der Waals surface area (Å²) in [5.74, 6) is 0.747. The molecule has 148 valence electrons. The molecule has 0 atom stereocenters. The number of methoxy groups -OCH3 is 1. The normalized spacial score (nSPS) is 13.6. The molecule has 1 fully saturated rings. The molecule has 1 aromatic heterocycles. The van der Waals surface area contributed by atoms with Crippen LogP contribution in [-0.2, 0) is 11.3 Å². The van der Waals surface area contributed by atoms with Gasteiger partial charge in [0.2, 0.25) is 5.91 Å². The Hall–Kier alpha value is -3.19. The maximum absolute atomic E-state index is 12.7. The summed E-state index contributed by atoms with van der Waals surface area (Å²) in [5, 5.41) is 5.32. The minimum atomic E-state index is -0.213. The van der Waals surface area contributed by atoms with Crippen LogP contribution in [0.5, 0.6) is 5.75 Å². The Morgan fingerprint density at radius 2 is 2.07 bits per heavy atom. The van der Waals surface area contributed by atoms with Crippen molar-refractivity contribution < 1.29 is 14.3 Å². The molecular formula is C22H21N3O3S. The van der Waals surface area contributed by atoms with Crippen LogP contribution in [0.4, 0.5) is 5.13 Å². The molecular weight excluding hydrogens is 386 g/mol. The van der Waals surface area contributed by atoms with Gasteiger partial charge in [-0.3, -0.25) is 14.9 Å². The largest absolute Gasteiger partial charge is 0.497 e. The first-order valence-electron chi connectivity index (χ1n) is 9.40. The molecule has 1 aliphatic heterocycles. The third-order valence-corrected chi connectivity index (χ3v) is 5.60. The lowest BCUT2D eigenvalue weighted by atomic mass is 10.1. The second-order valence-electron chi connectivity index (χ2n) is 6.84. The molecule has 1 N–H and O–H groups in total. The van der Waals surface area contributed by atoms with E-state index in [-0.39, 0.29) is 11.8 Å². The zero-order valence-corrected chi connectivity index (χ0v) is 16.9. The SMILES string of the molecule is COc1ccc(-c2csc(NC(=O)c3cccc(CN4CCCC4=O)c3)n2)cc1. The Morgan fingerprint density at radius 1 is 1.24 bits per heavy atom. The molecule has 4 rings (SSSR count). The number of nitrogens with one attached hydrogen (secondary N) is 1. The number of carbonyl (C=O) groups is 2. The van der Waals surface area contributed by atoms with Crippen LogP contribution >= 0.6 is 11.3 Å². The van der Waals surface area contributed by atoms with Gasteiger partial charge in [0.05, 0.1) is 12.8 Å². The van der Waals surface area contributed by atoms with Gasteiger partial charge in [-0.15, -0.1) is 11.3 Å². The van der Waals surface area contributed by atoms with Gasteiger partial charge in [-0.1, -0.05) is 12.1 Å². The number of hydrogen-bond donors (Lipinski definition) is 1. The first kappa shape index (κ1) is 19.1. The summed E-state index contributed by atoms with van der Waals surface area (Å²) in [6, 6.07) is 15.0. The molecule has 3 aromatic rings. The van der Waals surface area contributed by atoms with E-state index in [0.717, 1.165) is 35.5 Å². The van der Waals surface area contributed by atoms with Crippen LogP contribution in [0.25, 0.3) is 11.3 Å². The average Bonchev–Trinajstić information content (AvgIpc) is 3.37. The van der Waals surface area contributed by atoms with Crippen molar-refractivity contribution >= 4 is 28.3 Å². The van der Waals surface area contributed by atoms with Crippen molar-refractivity contribution in [1.29, 1.82) is 0 Å². The van der Waals surface area contributed by atoms with Crippen molar-refractivity contribution in [1.82, 2.24) is 9.88 Å². The fourth-order valence-electron chi connectivity index (χ4n) is 3.30. The molecule has 2 aromatic carbocycles. The number of thiazole rings is 1. The van der Waals surface area contributed by atoms with Gasteiger partial charge in [-0.25, -0.2) is 4.98 Å². The van der Waals surface area contributed by atoms with Crippen LogP contribution < -0.4 is 10.1 Å². The molecule has 29 heavy (non-hydrogen) atoms. The van der Waals surface area contributed by atoms with Crippen LogP contribution in [0.1, 0.15) is 28.8 Å². The number of nitrogens with zero attached hydrogens (tertiary/aromatic N) is 2. The molecule has 0 aliphatic carbocycles.